The lowest BCUT2D eigenvalue weighted by Crippen LogP contribution is -2.40. The molecule has 1 aliphatic carbocycles. The first-order chi connectivity index (χ1) is 8.99. The lowest BCUT2D eigenvalue weighted by molar-refractivity contribution is -0.130. The van der Waals surface area contributed by atoms with Gasteiger partial charge in [0.2, 0.25) is 5.91 Å². The number of benzene rings is 1. The zero-order valence-corrected chi connectivity index (χ0v) is 11.8. The largest absolute Gasteiger partial charge is 0.508 e. The molecule has 3 heteroatoms. The number of aromatic hydroxyl groups is 1. The Balaban J connectivity index is 1.94. The van der Waals surface area contributed by atoms with Crippen LogP contribution in [0.2, 0.25) is 0 Å². The number of carbonyl (C=O) groups excluding carboxylic acids is 1. The highest BCUT2D eigenvalue weighted by Crippen LogP contribution is 2.40. The van der Waals surface area contributed by atoms with Gasteiger partial charge in [0, 0.05) is 12.5 Å². The number of nitrogens with one attached hydrogen (secondary N) is 1. The molecule has 1 aromatic rings. The summed E-state index contributed by atoms with van der Waals surface area (Å²) in [5.41, 5.74) is 1.03. The predicted molar refractivity (Wildman–Crippen MR) is 75.7 cm³/mol. The molecule has 19 heavy (non-hydrogen) atoms. The fraction of sp³-hybridized carbons (Fsp3) is 0.562. The molecular weight excluding hydrogens is 238 g/mol. The molecular formula is C16H23NO2. The summed E-state index contributed by atoms with van der Waals surface area (Å²) in [7, 11) is 0. The summed E-state index contributed by atoms with van der Waals surface area (Å²) in [5, 5.41) is 12.4. The Kier molecular flexibility index (Phi) is 4.13. The van der Waals surface area contributed by atoms with E-state index < -0.39 is 0 Å². The second-order valence-electron chi connectivity index (χ2n) is 6.17. The van der Waals surface area contributed by atoms with E-state index in [1.165, 1.54) is 6.42 Å². The normalized spacial score (nSPS) is 21.9. The van der Waals surface area contributed by atoms with Crippen LogP contribution in [0.25, 0.3) is 0 Å². The third-order valence-electron chi connectivity index (χ3n) is 4.20. The van der Waals surface area contributed by atoms with Crippen molar-refractivity contribution in [3.63, 3.8) is 0 Å². The summed E-state index contributed by atoms with van der Waals surface area (Å²) in [6, 6.07) is 7.02. The third kappa shape index (κ3) is 3.49. The number of phenolic OH excluding ortho intramolecular Hbond substituents is 1. The van der Waals surface area contributed by atoms with Crippen molar-refractivity contribution in [2.24, 2.45) is 11.3 Å². The maximum Gasteiger partial charge on any atom is 0.223 e. The molecule has 1 aromatic carbocycles. The Labute approximate surface area is 115 Å². The van der Waals surface area contributed by atoms with Crippen molar-refractivity contribution >= 4 is 5.91 Å². The molecule has 1 unspecified atom stereocenters. The van der Waals surface area contributed by atoms with Crippen molar-refractivity contribution in [2.45, 2.75) is 46.1 Å². The van der Waals surface area contributed by atoms with E-state index >= 15 is 0 Å². The van der Waals surface area contributed by atoms with Crippen LogP contribution in [0.1, 0.15) is 45.1 Å². The molecule has 0 saturated heterocycles. The molecule has 1 saturated carbocycles. The Morgan fingerprint density at radius 1 is 1.42 bits per heavy atom. The molecule has 1 aliphatic rings. The second-order valence-corrected chi connectivity index (χ2v) is 6.17. The highest BCUT2D eigenvalue weighted by molar-refractivity contribution is 5.79. The van der Waals surface area contributed by atoms with Crippen LogP contribution in [0.4, 0.5) is 0 Å². The topological polar surface area (TPSA) is 49.3 Å². The van der Waals surface area contributed by atoms with E-state index in [9.17, 15) is 9.90 Å². The number of hydrogen-bond acceptors (Lipinski definition) is 2. The monoisotopic (exact) mass is 261 g/mol. The minimum absolute atomic E-state index is 0.0984. The average molecular weight is 261 g/mol. The van der Waals surface area contributed by atoms with Crippen LogP contribution in [0, 0.1) is 11.3 Å². The number of phenols is 1. The molecule has 0 aliphatic heterocycles. The van der Waals surface area contributed by atoms with Crippen LogP contribution in [0.5, 0.6) is 5.75 Å². The highest BCUT2D eigenvalue weighted by Gasteiger charge is 2.36. The number of rotatable bonds is 3. The summed E-state index contributed by atoms with van der Waals surface area (Å²) < 4.78 is 0. The first-order valence-electron chi connectivity index (χ1n) is 7.05. The minimum Gasteiger partial charge on any atom is -0.508 e. The van der Waals surface area contributed by atoms with Gasteiger partial charge in [0.15, 0.2) is 0 Å². The van der Waals surface area contributed by atoms with Gasteiger partial charge >= 0.3 is 0 Å². The second kappa shape index (κ2) is 5.64. The first kappa shape index (κ1) is 13.9. The van der Waals surface area contributed by atoms with E-state index in [2.05, 4.69) is 19.2 Å². The van der Waals surface area contributed by atoms with Crippen LogP contribution in [-0.2, 0) is 11.3 Å². The van der Waals surface area contributed by atoms with E-state index in [1.54, 1.807) is 18.2 Å². The summed E-state index contributed by atoms with van der Waals surface area (Å²) >= 11 is 0. The van der Waals surface area contributed by atoms with Gasteiger partial charge in [0.1, 0.15) is 5.75 Å². The number of amides is 1. The molecule has 0 radical (unpaired) electrons. The van der Waals surface area contributed by atoms with Gasteiger partial charge in [0.05, 0.1) is 0 Å². The zero-order chi connectivity index (χ0) is 13.9. The van der Waals surface area contributed by atoms with Crippen molar-refractivity contribution in [3.05, 3.63) is 29.8 Å². The smallest absolute Gasteiger partial charge is 0.223 e. The van der Waals surface area contributed by atoms with E-state index in [-0.39, 0.29) is 23.0 Å². The molecule has 0 aromatic heterocycles. The van der Waals surface area contributed by atoms with Gasteiger partial charge in [-0.05, 0) is 36.0 Å². The number of carbonyl (C=O) groups is 1. The maximum atomic E-state index is 12.3. The SMILES string of the molecule is CC1(C)CCCCC1C(=O)NCc1cccc(O)c1. The van der Waals surface area contributed by atoms with Crippen molar-refractivity contribution in [1.29, 1.82) is 0 Å². The lowest BCUT2D eigenvalue weighted by atomic mass is 9.68. The lowest BCUT2D eigenvalue weighted by Gasteiger charge is -2.37. The van der Waals surface area contributed by atoms with Gasteiger partial charge in [-0.25, -0.2) is 0 Å². The van der Waals surface area contributed by atoms with Crippen molar-refractivity contribution in [3.8, 4) is 5.75 Å². The summed E-state index contributed by atoms with van der Waals surface area (Å²) in [6.07, 6.45) is 4.48. The molecule has 1 amide bonds. The predicted octanol–water partition coefficient (Wildman–Crippen LogP) is 3.22. The summed E-state index contributed by atoms with van der Waals surface area (Å²) in [4.78, 5) is 12.3. The minimum atomic E-state index is 0.0984. The summed E-state index contributed by atoms with van der Waals surface area (Å²) in [5.74, 6) is 0.497. The Hall–Kier alpha value is -1.51. The van der Waals surface area contributed by atoms with E-state index in [0.29, 0.717) is 6.54 Å². The molecule has 0 bridgehead atoms. The van der Waals surface area contributed by atoms with Crippen molar-refractivity contribution in [2.75, 3.05) is 0 Å². The Morgan fingerprint density at radius 2 is 2.21 bits per heavy atom. The van der Waals surface area contributed by atoms with E-state index in [4.69, 9.17) is 0 Å². The molecule has 2 N–H and O–H groups in total. The average Bonchev–Trinajstić information content (AvgIpc) is 2.35. The first-order valence-corrected chi connectivity index (χ1v) is 7.05. The maximum absolute atomic E-state index is 12.3. The van der Waals surface area contributed by atoms with Crippen LogP contribution in [-0.4, -0.2) is 11.0 Å². The van der Waals surface area contributed by atoms with Crippen molar-refractivity contribution < 1.29 is 9.90 Å². The molecule has 3 nitrogen and oxygen atoms in total. The number of hydrogen-bond donors (Lipinski definition) is 2. The quantitative estimate of drug-likeness (QED) is 0.877. The van der Waals surface area contributed by atoms with Gasteiger partial charge in [-0.3, -0.25) is 4.79 Å². The van der Waals surface area contributed by atoms with Gasteiger partial charge in [-0.15, -0.1) is 0 Å². The fourth-order valence-electron chi connectivity index (χ4n) is 2.96. The molecule has 1 fully saturated rings. The van der Waals surface area contributed by atoms with E-state index in [1.807, 2.05) is 6.07 Å². The molecule has 0 spiro atoms. The van der Waals surface area contributed by atoms with Gasteiger partial charge in [-0.1, -0.05) is 38.8 Å². The van der Waals surface area contributed by atoms with Crippen LogP contribution in [0.3, 0.4) is 0 Å². The molecule has 2 rings (SSSR count). The zero-order valence-electron chi connectivity index (χ0n) is 11.8. The summed E-state index contributed by atoms with van der Waals surface area (Å²) in [6.45, 7) is 4.86. The van der Waals surface area contributed by atoms with Crippen LogP contribution in [0.15, 0.2) is 24.3 Å². The van der Waals surface area contributed by atoms with E-state index in [0.717, 1.165) is 24.8 Å². The Bertz CT molecular complexity index is 454. The fourth-order valence-corrected chi connectivity index (χ4v) is 2.96. The standard InChI is InChI=1S/C16H23NO2/c1-16(2)9-4-3-8-14(16)15(19)17-11-12-6-5-7-13(18)10-12/h5-7,10,14,18H,3-4,8-9,11H2,1-2H3,(H,17,19). The van der Waals surface area contributed by atoms with Crippen LogP contribution >= 0.6 is 0 Å². The molecule has 1 atom stereocenters. The third-order valence-corrected chi connectivity index (χ3v) is 4.20. The van der Waals surface area contributed by atoms with Gasteiger partial charge in [-0.2, -0.15) is 0 Å². The van der Waals surface area contributed by atoms with Gasteiger partial charge < -0.3 is 10.4 Å². The molecule has 104 valence electrons. The van der Waals surface area contributed by atoms with Crippen molar-refractivity contribution in [1.82, 2.24) is 5.32 Å². The van der Waals surface area contributed by atoms with Crippen LogP contribution < -0.4 is 5.32 Å². The van der Waals surface area contributed by atoms with Gasteiger partial charge in [0.25, 0.3) is 0 Å². The highest BCUT2D eigenvalue weighted by atomic mass is 16.3. The molecule has 0 heterocycles. The Morgan fingerprint density at radius 3 is 2.89 bits per heavy atom.